The van der Waals surface area contributed by atoms with Gasteiger partial charge in [0.15, 0.2) is 0 Å². The van der Waals surface area contributed by atoms with Crippen molar-refractivity contribution in [2.24, 2.45) is 5.92 Å². The zero-order valence-electron chi connectivity index (χ0n) is 9.08. The highest BCUT2D eigenvalue weighted by Gasteiger charge is 2.34. The highest BCUT2D eigenvalue weighted by atomic mass is 16.1. The van der Waals surface area contributed by atoms with E-state index in [-0.39, 0.29) is 5.91 Å². The Hall–Kier alpha value is -1.51. The molecule has 2 unspecified atom stereocenters. The van der Waals surface area contributed by atoms with Gasteiger partial charge in [0.25, 0.3) is 5.91 Å². The first-order valence-electron chi connectivity index (χ1n) is 5.25. The Labute approximate surface area is 89.7 Å². The second-order valence-corrected chi connectivity index (χ2v) is 4.38. The van der Waals surface area contributed by atoms with Crippen LogP contribution in [0, 0.1) is 12.8 Å². The number of hydrogen-bond donors (Lipinski definition) is 2. The minimum Gasteiger partial charge on any atom is -0.398 e. The Morgan fingerprint density at radius 2 is 2.20 bits per heavy atom. The molecule has 1 aromatic rings. The van der Waals surface area contributed by atoms with Crippen molar-refractivity contribution in [1.82, 2.24) is 5.32 Å². The first kappa shape index (κ1) is 10.0. The highest BCUT2D eigenvalue weighted by molar-refractivity contribution is 5.99. The Morgan fingerprint density at radius 1 is 1.53 bits per heavy atom. The summed E-state index contributed by atoms with van der Waals surface area (Å²) in [7, 11) is 0. The maximum absolute atomic E-state index is 11.8. The zero-order valence-corrected chi connectivity index (χ0v) is 9.08. The third-order valence-electron chi connectivity index (χ3n) is 2.88. The molecule has 3 nitrogen and oxygen atoms in total. The number of carbonyl (C=O) groups excluding carboxylic acids is 1. The van der Waals surface area contributed by atoms with E-state index < -0.39 is 0 Å². The molecule has 1 amide bonds. The highest BCUT2D eigenvalue weighted by Crippen LogP contribution is 2.29. The summed E-state index contributed by atoms with van der Waals surface area (Å²) >= 11 is 0. The lowest BCUT2D eigenvalue weighted by Crippen LogP contribution is -2.27. The van der Waals surface area contributed by atoms with E-state index in [0.29, 0.717) is 23.2 Å². The van der Waals surface area contributed by atoms with Crippen LogP contribution in [0.15, 0.2) is 18.2 Å². The fraction of sp³-hybridized carbons (Fsp3) is 0.417. The van der Waals surface area contributed by atoms with E-state index in [1.165, 1.54) is 0 Å². The molecule has 1 aliphatic rings. The van der Waals surface area contributed by atoms with E-state index in [2.05, 4.69) is 12.2 Å². The van der Waals surface area contributed by atoms with Gasteiger partial charge in [0.2, 0.25) is 0 Å². The van der Waals surface area contributed by atoms with E-state index in [9.17, 15) is 4.79 Å². The Bertz CT molecular complexity index is 401. The lowest BCUT2D eigenvalue weighted by atomic mass is 10.1. The molecule has 0 bridgehead atoms. The Balaban J connectivity index is 2.14. The van der Waals surface area contributed by atoms with Gasteiger partial charge >= 0.3 is 0 Å². The number of amides is 1. The van der Waals surface area contributed by atoms with E-state index in [1.807, 2.05) is 19.1 Å². The van der Waals surface area contributed by atoms with Crippen LogP contribution < -0.4 is 11.1 Å². The van der Waals surface area contributed by atoms with Gasteiger partial charge in [-0.1, -0.05) is 18.6 Å². The Kier molecular flexibility index (Phi) is 2.39. The van der Waals surface area contributed by atoms with Crippen LogP contribution in [0.5, 0.6) is 0 Å². The number of nitrogens with one attached hydrogen (secondary N) is 1. The molecule has 2 rings (SSSR count). The molecule has 0 aromatic heterocycles. The molecule has 0 heterocycles. The summed E-state index contributed by atoms with van der Waals surface area (Å²) in [5.74, 6) is 0.561. The molecule has 0 saturated heterocycles. The lowest BCUT2D eigenvalue weighted by molar-refractivity contribution is 0.0950. The van der Waals surface area contributed by atoms with Crippen molar-refractivity contribution in [3.63, 3.8) is 0 Å². The number of anilines is 1. The van der Waals surface area contributed by atoms with E-state index >= 15 is 0 Å². The molecular weight excluding hydrogens is 188 g/mol. The van der Waals surface area contributed by atoms with E-state index in [1.54, 1.807) is 6.07 Å². The van der Waals surface area contributed by atoms with Gasteiger partial charge in [0.1, 0.15) is 0 Å². The zero-order chi connectivity index (χ0) is 11.0. The molecule has 3 N–H and O–H groups in total. The number of benzene rings is 1. The van der Waals surface area contributed by atoms with Gasteiger partial charge in [-0.2, -0.15) is 0 Å². The van der Waals surface area contributed by atoms with Crippen molar-refractivity contribution in [3.8, 4) is 0 Å². The van der Waals surface area contributed by atoms with Crippen LogP contribution in [0.4, 0.5) is 5.69 Å². The maximum Gasteiger partial charge on any atom is 0.253 e. The van der Waals surface area contributed by atoms with Crippen LogP contribution in [0.3, 0.4) is 0 Å². The van der Waals surface area contributed by atoms with Crippen LogP contribution in [-0.2, 0) is 0 Å². The summed E-state index contributed by atoms with van der Waals surface area (Å²) in [6, 6.07) is 5.86. The first-order chi connectivity index (χ1) is 7.08. The van der Waals surface area contributed by atoms with E-state index in [4.69, 9.17) is 5.73 Å². The SMILES string of the molecule is Cc1ccc(N)c(C(=O)NC2CC2C)c1. The number of nitrogen functional groups attached to an aromatic ring is 1. The molecule has 80 valence electrons. The number of rotatable bonds is 2. The van der Waals surface area contributed by atoms with Crippen LogP contribution in [0.2, 0.25) is 0 Å². The van der Waals surface area contributed by atoms with Gasteiger partial charge in [-0.05, 0) is 31.4 Å². The molecule has 0 radical (unpaired) electrons. The predicted molar refractivity (Wildman–Crippen MR) is 60.6 cm³/mol. The molecule has 0 aliphatic heterocycles. The number of hydrogen-bond acceptors (Lipinski definition) is 2. The summed E-state index contributed by atoms with van der Waals surface area (Å²) in [5.41, 5.74) is 7.95. The fourth-order valence-electron chi connectivity index (χ4n) is 1.64. The second-order valence-electron chi connectivity index (χ2n) is 4.38. The molecule has 1 fully saturated rings. The third kappa shape index (κ3) is 2.12. The normalized spacial score (nSPS) is 23.6. The van der Waals surface area contributed by atoms with Crippen molar-refractivity contribution in [1.29, 1.82) is 0 Å². The summed E-state index contributed by atoms with van der Waals surface area (Å²) in [5, 5.41) is 2.97. The van der Waals surface area contributed by atoms with Crippen molar-refractivity contribution < 1.29 is 4.79 Å². The van der Waals surface area contributed by atoms with Crippen molar-refractivity contribution in [3.05, 3.63) is 29.3 Å². The maximum atomic E-state index is 11.8. The van der Waals surface area contributed by atoms with Crippen LogP contribution in [0.1, 0.15) is 29.3 Å². The summed E-state index contributed by atoms with van der Waals surface area (Å²) in [6.45, 7) is 4.08. The molecule has 1 saturated carbocycles. The van der Waals surface area contributed by atoms with Gasteiger partial charge in [-0.3, -0.25) is 4.79 Å². The fourth-order valence-corrected chi connectivity index (χ4v) is 1.64. The molecule has 2 atom stereocenters. The van der Waals surface area contributed by atoms with Gasteiger partial charge in [0.05, 0.1) is 5.56 Å². The number of carbonyl (C=O) groups is 1. The van der Waals surface area contributed by atoms with Gasteiger partial charge in [0, 0.05) is 11.7 Å². The smallest absolute Gasteiger partial charge is 0.253 e. The Morgan fingerprint density at radius 3 is 2.80 bits per heavy atom. The first-order valence-corrected chi connectivity index (χ1v) is 5.25. The predicted octanol–water partition coefficient (Wildman–Crippen LogP) is 1.72. The van der Waals surface area contributed by atoms with Gasteiger partial charge < -0.3 is 11.1 Å². The molecule has 1 aliphatic carbocycles. The molecule has 3 heteroatoms. The minimum absolute atomic E-state index is 0.0504. The van der Waals surface area contributed by atoms with Crippen molar-refractivity contribution >= 4 is 11.6 Å². The third-order valence-corrected chi connectivity index (χ3v) is 2.88. The lowest BCUT2D eigenvalue weighted by Gasteiger charge is -2.07. The molecular formula is C12H16N2O. The van der Waals surface area contributed by atoms with Crippen molar-refractivity contribution in [2.45, 2.75) is 26.3 Å². The largest absolute Gasteiger partial charge is 0.398 e. The number of aryl methyl sites for hydroxylation is 1. The average molecular weight is 204 g/mol. The van der Waals surface area contributed by atoms with Crippen LogP contribution in [-0.4, -0.2) is 11.9 Å². The summed E-state index contributed by atoms with van der Waals surface area (Å²) in [6.07, 6.45) is 1.08. The topological polar surface area (TPSA) is 55.1 Å². The van der Waals surface area contributed by atoms with Crippen LogP contribution in [0.25, 0.3) is 0 Å². The minimum atomic E-state index is -0.0504. The quantitative estimate of drug-likeness (QED) is 0.721. The summed E-state index contributed by atoms with van der Waals surface area (Å²) in [4.78, 5) is 11.8. The average Bonchev–Trinajstić information content (AvgIpc) is 2.86. The van der Waals surface area contributed by atoms with Gasteiger partial charge in [-0.25, -0.2) is 0 Å². The monoisotopic (exact) mass is 204 g/mol. The molecule has 15 heavy (non-hydrogen) atoms. The van der Waals surface area contributed by atoms with Crippen molar-refractivity contribution in [2.75, 3.05) is 5.73 Å². The molecule has 0 spiro atoms. The van der Waals surface area contributed by atoms with Crippen LogP contribution >= 0.6 is 0 Å². The van der Waals surface area contributed by atoms with E-state index in [0.717, 1.165) is 12.0 Å². The summed E-state index contributed by atoms with van der Waals surface area (Å²) < 4.78 is 0. The standard InChI is InChI=1S/C12H16N2O/c1-7-3-4-10(13)9(5-7)12(15)14-11-6-8(11)2/h3-5,8,11H,6,13H2,1-2H3,(H,14,15). The number of nitrogens with two attached hydrogens (primary N) is 1. The van der Waals surface area contributed by atoms with Gasteiger partial charge in [-0.15, -0.1) is 0 Å². The second kappa shape index (κ2) is 3.57. The molecule has 1 aromatic carbocycles.